The Morgan fingerprint density at radius 3 is 2.48 bits per heavy atom. The maximum absolute atomic E-state index is 12.0. The van der Waals surface area contributed by atoms with Crippen LogP contribution in [0.1, 0.15) is 30.4 Å². The van der Waals surface area contributed by atoms with Gasteiger partial charge in [-0.15, -0.1) is 0 Å². The number of hydrogen-bond acceptors (Lipinski definition) is 6. The maximum Gasteiger partial charge on any atom is 0.268 e. The fourth-order valence-electron chi connectivity index (χ4n) is 2.79. The van der Waals surface area contributed by atoms with Crippen LogP contribution in [0.25, 0.3) is 11.1 Å². The number of H-pyrrole nitrogens is 1. The van der Waals surface area contributed by atoms with Crippen LogP contribution in [-0.4, -0.2) is 17.9 Å². The van der Waals surface area contributed by atoms with E-state index in [0.29, 0.717) is 17.9 Å². The molecule has 7 nitrogen and oxygen atoms in total. The van der Waals surface area contributed by atoms with Crippen LogP contribution in [0.5, 0.6) is 5.75 Å². The minimum absolute atomic E-state index is 0.0579. The topological polar surface area (TPSA) is 125 Å². The lowest BCUT2D eigenvalue weighted by atomic mass is 9.96. The van der Waals surface area contributed by atoms with Crippen LogP contribution >= 0.6 is 0 Å². The molecule has 1 aromatic heterocycles. The summed E-state index contributed by atoms with van der Waals surface area (Å²) in [5.41, 5.74) is 5.80. The highest BCUT2D eigenvalue weighted by Crippen LogP contribution is 2.30. The Balaban J connectivity index is 1.96. The summed E-state index contributed by atoms with van der Waals surface area (Å²) in [6.07, 6.45) is 2.67. The molecular formula is C18H16N4O3. The molecule has 1 fully saturated rings. The normalized spacial score (nSPS) is 16.6. The highest BCUT2D eigenvalue weighted by atomic mass is 16.7. The Kier molecular flexibility index (Phi) is 4.69. The average molecular weight is 336 g/mol. The summed E-state index contributed by atoms with van der Waals surface area (Å²) in [5.74, 6) is 0.558. The van der Waals surface area contributed by atoms with E-state index in [1.54, 1.807) is 24.3 Å². The first-order valence-electron chi connectivity index (χ1n) is 7.88. The van der Waals surface area contributed by atoms with Crippen LogP contribution in [0.15, 0.2) is 29.1 Å². The van der Waals surface area contributed by atoms with Crippen LogP contribution < -0.4 is 16.0 Å². The molecule has 1 unspecified atom stereocenters. The number of nitrogens with one attached hydrogen (secondary N) is 1. The lowest BCUT2D eigenvalue weighted by molar-refractivity contribution is -0.105. The van der Waals surface area contributed by atoms with Gasteiger partial charge in [0.15, 0.2) is 6.29 Å². The van der Waals surface area contributed by atoms with Crippen molar-refractivity contribution in [2.75, 3.05) is 12.3 Å². The first kappa shape index (κ1) is 16.6. The number of nitrogens with two attached hydrogens (primary N) is 1. The zero-order valence-corrected chi connectivity index (χ0v) is 13.4. The van der Waals surface area contributed by atoms with E-state index < -0.39 is 5.56 Å². The molecule has 1 aromatic carbocycles. The number of pyridine rings is 1. The monoisotopic (exact) mass is 336 g/mol. The molecule has 0 radical (unpaired) electrons. The lowest BCUT2D eigenvalue weighted by Crippen LogP contribution is -2.24. The van der Waals surface area contributed by atoms with Crippen molar-refractivity contribution in [3.05, 3.63) is 45.7 Å². The summed E-state index contributed by atoms with van der Waals surface area (Å²) >= 11 is 0. The van der Waals surface area contributed by atoms with E-state index in [-0.39, 0.29) is 28.8 Å². The van der Waals surface area contributed by atoms with Crippen LogP contribution in [0.4, 0.5) is 5.82 Å². The van der Waals surface area contributed by atoms with Crippen LogP contribution in [0.2, 0.25) is 0 Å². The summed E-state index contributed by atoms with van der Waals surface area (Å²) in [6, 6.07) is 10.6. The van der Waals surface area contributed by atoms with Crippen LogP contribution in [0, 0.1) is 22.7 Å². The SMILES string of the molecule is N#Cc1c(N)[nH]c(=O)c(C#N)c1-c1ccc(OC2CCCCO2)cc1. The standard InChI is InChI=1S/C18H16N4O3/c19-9-13-16(14(10-20)18(23)22-17(13)21)11-4-6-12(7-5-11)25-15-3-1-2-8-24-15/h4-7,15H,1-3,8H2,(H3,21,22,23). The second-order valence-electron chi connectivity index (χ2n) is 5.65. The molecule has 0 aliphatic carbocycles. The molecule has 1 atom stereocenters. The number of aromatic nitrogens is 1. The van der Waals surface area contributed by atoms with Crippen LogP contribution in [0.3, 0.4) is 0 Å². The number of nitriles is 2. The molecule has 126 valence electrons. The van der Waals surface area contributed by atoms with Gasteiger partial charge in [0.1, 0.15) is 34.8 Å². The summed E-state index contributed by atoms with van der Waals surface area (Å²) < 4.78 is 11.3. The Morgan fingerprint density at radius 2 is 1.88 bits per heavy atom. The van der Waals surface area contributed by atoms with E-state index in [1.165, 1.54) is 0 Å². The number of nitrogens with zero attached hydrogens (tertiary/aromatic N) is 2. The van der Waals surface area contributed by atoms with Crippen molar-refractivity contribution >= 4 is 5.82 Å². The molecule has 3 N–H and O–H groups in total. The van der Waals surface area contributed by atoms with Gasteiger partial charge in [-0.2, -0.15) is 10.5 Å². The highest BCUT2D eigenvalue weighted by molar-refractivity contribution is 5.80. The number of benzene rings is 1. The molecule has 25 heavy (non-hydrogen) atoms. The predicted molar refractivity (Wildman–Crippen MR) is 90.6 cm³/mol. The summed E-state index contributed by atoms with van der Waals surface area (Å²) in [4.78, 5) is 14.3. The van der Waals surface area contributed by atoms with Crippen molar-refractivity contribution < 1.29 is 9.47 Å². The summed E-state index contributed by atoms with van der Waals surface area (Å²) in [6.45, 7) is 0.686. The summed E-state index contributed by atoms with van der Waals surface area (Å²) in [7, 11) is 0. The fraction of sp³-hybridized carbons (Fsp3) is 0.278. The van der Waals surface area contributed by atoms with Gasteiger partial charge in [0.2, 0.25) is 0 Å². The third-order valence-corrected chi connectivity index (χ3v) is 4.02. The van der Waals surface area contributed by atoms with E-state index in [1.807, 2.05) is 12.1 Å². The van der Waals surface area contributed by atoms with Crippen molar-refractivity contribution in [3.63, 3.8) is 0 Å². The van der Waals surface area contributed by atoms with Crippen molar-refractivity contribution in [2.24, 2.45) is 0 Å². The van der Waals surface area contributed by atoms with Gasteiger partial charge in [-0.05, 0) is 30.5 Å². The highest BCUT2D eigenvalue weighted by Gasteiger charge is 2.19. The smallest absolute Gasteiger partial charge is 0.268 e. The maximum atomic E-state index is 12.0. The molecule has 0 saturated carbocycles. The second-order valence-corrected chi connectivity index (χ2v) is 5.65. The molecule has 2 aromatic rings. The Labute approximate surface area is 144 Å². The van der Waals surface area contributed by atoms with Crippen molar-refractivity contribution in [2.45, 2.75) is 25.6 Å². The largest absolute Gasteiger partial charge is 0.465 e. The van der Waals surface area contributed by atoms with Gasteiger partial charge in [0, 0.05) is 12.0 Å². The summed E-state index contributed by atoms with van der Waals surface area (Å²) in [5, 5.41) is 18.6. The molecule has 1 aliphatic heterocycles. The Morgan fingerprint density at radius 1 is 1.16 bits per heavy atom. The number of ether oxygens (including phenoxy) is 2. The molecular weight excluding hydrogens is 320 g/mol. The number of hydrogen-bond donors (Lipinski definition) is 2. The number of aromatic amines is 1. The molecule has 3 rings (SSSR count). The van der Waals surface area contributed by atoms with Crippen molar-refractivity contribution in [3.8, 4) is 29.0 Å². The van der Waals surface area contributed by atoms with Gasteiger partial charge in [-0.1, -0.05) is 12.1 Å². The van der Waals surface area contributed by atoms with Gasteiger partial charge in [-0.25, -0.2) is 0 Å². The second kappa shape index (κ2) is 7.08. The average Bonchev–Trinajstić information content (AvgIpc) is 2.63. The third kappa shape index (κ3) is 3.32. The van der Waals surface area contributed by atoms with E-state index in [9.17, 15) is 15.3 Å². The fourth-order valence-corrected chi connectivity index (χ4v) is 2.79. The molecule has 1 saturated heterocycles. The van der Waals surface area contributed by atoms with Gasteiger partial charge in [0.05, 0.1) is 6.61 Å². The van der Waals surface area contributed by atoms with Gasteiger partial charge in [-0.3, -0.25) is 4.79 Å². The minimum atomic E-state index is -0.620. The van der Waals surface area contributed by atoms with E-state index >= 15 is 0 Å². The molecule has 1 aliphatic rings. The number of nitrogen functional groups attached to an aromatic ring is 1. The predicted octanol–water partition coefficient (Wildman–Crippen LogP) is 2.27. The van der Waals surface area contributed by atoms with Gasteiger partial charge in [0.25, 0.3) is 5.56 Å². The minimum Gasteiger partial charge on any atom is -0.465 e. The zero-order valence-electron chi connectivity index (χ0n) is 13.4. The number of rotatable bonds is 3. The van der Waals surface area contributed by atoms with E-state index in [2.05, 4.69) is 4.98 Å². The van der Waals surface area contributed by atoms with Gasteiger partial charge < -0.3 is 20.2 Å². The van der Waals surface area contributed by atoms with Gasteiger partial charge >= 0.3 is 0 Å². The van der Waals surface area contributed by atoms with Crippen molar-refractivity contribution in [1.29, 1.82) is 10.5 Å². The van der Waals surface area contributed by atoms with E-state index in [0.717, 1.165) is 19.3 Å². The number of anilines is 1. The molecule has 0 spiro atoms. The molecule has 2 heterocycles. The van der Waals surface area contributed by atoms with E-state index in [4.69, 9.17) is 15.2 Å². The molecule has 0 bridgehead atoms. The Bertz CT molecular complexity index is 914. The molecule has 7 heteroatoms. The Hall–Kier alpha value is -3.29. The first-order valence-corrected chi connectivity index (χ1v) is 7.88. The van der Waals surface area contributed by atoms with Crippen molar-refractivity contribution in [1.82, 2.24) is 4.98 Å². The lowest BCUT2D eigenvalue weighted by Gasteiger charge is -2.23. The third-order valence-electron chi connectivity index (χ3n) is 4.02. The first-order chi connectivity index (χ1) is 12.1. The quantitative estimate of drug-likeness (QED) is 0.885. The van der Waals surface area contributed by atoms with Crippen LogP contribution in [-0.2, 0) is 4.74 Å². The zero-order chi connectivity index (χ0) is 17.8. The molecule has 0 amide bonds.